The summed E-state index contributed by atoms with van der Waals surface area (Å²) in [5, 5.41) is 6.47. The summed E-state index contributed by atoms with van der Waals surface area (Å²) < 4.78 is 46.2. The van der Waals surface area contributed by atoms with Crippen LogP contribution in [0.15, 0.2) is 39.1 Å². The molecular formula is C19H18FN3O4S2. The Hall–Kier alpha value is -2.98. The molecule has 7 nitrogen and oxygen atoms in total. The van der Waals surface area contributed by atoms with Gasteiger partial charge in [-0.15, -0.1) is 11.3 Å². The zero-order valence-electron chi connectivity index (χ0n) is 15.8. The Morgan fingerprint density at radius 2 is 1.97 bits per heavy atom. The van der Waals surface area contributed by atoms with Crippen LogP contribution in [0.4, 0.5) is 15.8 Å². The fourth-order valence-electron chi connectivity index (χ4n) is 2.49. The normalized spacial score (nSPS) is 11.7. The lowest BCUT2D eigenvalue weighted by Gasteiger charge is -2.09. The van der Waals surface area contributed by atoms with E-state index in [9.17, 15) is 17.6 Å². The minimum Gasteiger partial charge on any atom is -0.354 e. The van der Waals surface area contributed by atoms with Crippen LogP contribution < -0.4 is 10.0 Å². The predicted octanol–water partition coefficient (Wildman–Crippen LogP) is 4.42. The number of carbonyl (C=O) groups excluding carboxylic acids is 1. The SMILES string of the molecule is CC(=O)Nc1c(C)noc1C=Cc1ccc(S(=O)(=O)Nc2ccc(F)cc2C)s1. The largest absolute Gasteiger partial charge is 0.354 e. The van der Waals surface area contributed by atoms with E-state index in [1.807, 2.05) is 0 Å². The summed E-state index contributed by atoms with van der Waals surface area (Å²) in [7, 11) is -3.81. The van der Waals surface area contributed by atoms with E-state index in [0.717, 1.165) is 11.3 Å². The van der Waals surface area contributed by atoms with Gasteiger partial charge in [0.1, 0.15) is 21.4 Å². The molecule has 152 valence electrons. The third kappa shape index (κ3) is 4.90. The average molecular weight is 436 g/mol. The van der Waals surface area contributed by atoms with Crippen LogP contribution in [-0.4, -0.2) is 19.5 Å². The molecule has 0 aliphatic rings. The highest BCUT2D eigenvalue weighted by atomic mass is 32.2. The van der Waals surface area contributed by atoms with Crippen molar-refractivity contribution < 1.29 is 22.1 Å². The molecule has 0 atom stereocenters. The molecule has 2 N–H and O–H groups in total. The second-order valence-electron chi connectivity index (χ2n) is 6.24. The Morgan fingerprint density at radius 3 is 2.66 bits per heavy atom. The van der Waals surface area contributed by atoms with Crippen LogP contribution in [0.2, 0.25) is 0 Å². The number of nitrogens with one attached hydrogen (secondary N) is 2. The number of hydrogen-bond acceptors (Lipinski definition) is 6. The quantitative estimate of drug-likeness (QED) is 0.597. The van der Waals surface area contributed by atoms with Crippen molar-refractivity contribution in [2.45, 2.75) is 25.0 Å². The highest BCUT2D eigenvalue weighted by molar-refractivity contribution is 7.94. The van der Waals surface area contributed by atoms with Crippen LogP contribution in [0.5, 0.6) is 0 Å². The summed E-state index contributed by atoms with van der Waals surface area (Å²) in [5.74, 6) is -0.330. The van der Waals surface area contributed by atoms with E-state index in [-0.39, 0.29) is 10.1 Å². The highest BCUT2D eigenvalue weighted by Gasteiger charge is 2.18. The standard InChI is InChI=1S/C19H18FN3O4S2/c1-11-10-14(20)4-7-16(11)23-29(25,26)18-9-6-15(28-18)5-8-17-19(21-13(3)24)12(2)22-27-17/h4-10,23H,1-3H3,(H,21,24). The molecule has 3 aromatic rings. The number of rotatable bonds is 6. The summed E-state index contributed by atoms with van der Waals surface area (Å²) in [6.07, 6.45) is 3.27. The van der Waals surface area contributed by atoms with Gasteiger partial charge < -0.3 is 9.84 Å². The second kappa shape index (κ2) is 8.18. The summed E-state index contributed by atoms with van der Waals surface area (Å²) in [4.78, 5) is 12.0. The molecule has 0 unspecified atom stereocenters. The van der Waals surface area contributed by atoms with Gasteiger partial charge in [0.15, 0.2) is 5.76 Å². The van der Waals surface area contributed by atoms with Crippen molar-refractivity contribution >= 4 is 50.8 Å². The number of hydrogen-bond donors (Lipinski definition) is 2. The van der Waals surface area contributed by atoms with Gasteiger partial charge in [-0.1, -0.05) is 5.16 Å². The maximum absolute atomic E-state index is 13.2. The lowest BCUT2D eigenvalue weighted by molar-refractivity contribution is -0.114. The number of benzene rings is 1. The van der Waals surface area contributed by atoms with Crippen molar-refractivity contribution in [1.82, 2.24) is 5.16 Å². The molecule has 0 radical (unpaired) electrons. The van der Waals surface area contributed by atoms with Gasteiger partial charge in [-0.05, 0) is 61.9 Å². The van der Waals surface area contributed by atoms with Crippen molar-refractivity contribution in [2.75, 3.05) is 10.0 Å². The van der Waals surface area contributed by atoms with E-state index in [1.54, 1.807) is 32.1 Å². The van der Waals surface area contributed by atoms with Gasteiger partial charge in [0, 0.05) is 11.8 Å². The van der Waals surface area contributed by atoms with E-state index in [2.05, 4.69) is 15.2 Å². The fourth-order valence-corrected chi connectivity index (χ4v) is 4.85. The lowest BCUT2D eigenvalue weighted by atomic mass is 10.2. The van der Waals surface area contributed by atoms with Crippen molar-refractivity contribution in [3.63, 3.8) is 0 Å². The Bertz CT molecular complexity index is 1200. The maximum Gasteiger partial charge on any atom is 0.271 e. The average Bonchev–Trinajstić information content (AvgIpc) is 3.24. The van der Waals surface area contributed by atoms with Crippen LogP contribution in [0.1, 0.15) is 28.8 Å². The summed E-state index contributed by atoms with van der Waals surface area (Å²) >= 11 is 1.05. The monoisotopic (exact) mass is 435 g/mol. The third-order valence-electron chi connectivity index (χ3n) is 3.89. The minimum absolute atomic E-state index is 0.108. The zero-order valence-corrected chi connectivity index (χ0v) is 17.4. The van der Waals surface area contributed by atoms with E-state index in [4.69, 9.17) is 4.52 Å². The van der Waals surface area contributed by atoms with Crippen LogP contribution in [0.25, 0.3) is 12.2 Å². The molecule has 0 fully saturated rings. The van der Waals surface area contributed by atoms with Gasteiger partial charge in [-0.25, -0.2) is 12.8 Å². The van der Waals surface area contributed by atoms with Crippen LogP contribution >= 0.6 is 11.3 Å². The first kappa shape index (κ1) is 20.7. The summed E-state index contributed by atoms with van der Waals surface area (Å²) in [6, 6.07) is 6.96. The topological polar surface area (TPSA) is 101 Å². The van der Waals surface area contributed by atoms with Crippen LogP contribution in [0, 0.1) is 19.7 Å². The molecule has 10 heteroatoms. The Kier molecular flexibility index (Phi) is 5.85. The van der Waals surface area contributed by atoms with Crippen molar-refractivity contribution in [1.29, 1.82) is 0 Å². The Morgan fingerprint density at radius 1 is 1.21 bits per heavy atom. The van der Waals surface area contributed by atoms with E-state index in [1.165, 1.54) is 31.2 Å². The van der Waals surface area contributed by atoms with E-state index >= 15 is 0 Å². The molecule has 3 rings (SSSR count). The number of thiophene rings is 1. The lowest BCUT2D eigenvalue weighted by Crippen LogP contribution is -2.12. The van der Waals surface area contributed by atoms with Crippen molar-refractivity contribution in [2.24, 2.45) is 0 Å². The van der Waals surface area contributed by atoms with Gasteiger partial charge in [0.2, 0.25) is 5.91 Å². The highest BCUT2D eigenvalue weighted by Crippen LogP contribution is 2.28. The Balaban J connectivity index is 1.80. The number of aryl methyl sites for hydroxylation is 2. The molecule has 0 saturated carbocycles. The van der Waals surface area contributed by atoms with E-state index in [0.29, 0.717) is 33.3 Å². The van der Waals surface area contributed by atoms with Gasteiger partial charge in [-0.2, -0.15) is 0 Å². The summed E-state index contributed by atoms with van der Waals surface area (Å²) in [6.45, 7) is 4.70. The number of halogens is 1. The number of aromatic nitrogens is 1. The molecule has 2 aromatic heterocycles. The number of amides is 1. The summed E-state index contributed by atoms with van der Waals surface area (Å²) in [5.41, 5.74) is 1.80. The maximum atomic E-state index is 13.2. The first-order chi connectivity index (χ1) is 13.7. The number of anilines is 2. The fraction of sp³-hybridized carbons (Fsp3) is 0.158. The van der Waals surface area contributed by atoms with Gasteiger partial charge in [0.25, 0.3) is 10.0 Å². The minimum atomic E-state index is -3.81. The molecule has 29 heavy (non-hydrogen) atoms. The molecule has 0 aliphatic heterocycles. The molecule has 0 bridgehead atoms. The molecule has 0 spiro atoms. The second-order valence-corrected chi connectivity index (χ2v) is 9.27. The first-order valence-electron chi connectivity index (χ1n) is 8.46. The third-order valence-corrected chi connectivity index (χ3v) is 6.80. The first-order valence-corrected chi connectivity index (χ1v) is 10.8. The molecule has 1 amide bonds. The number of carbonyl (C=O) groups is 1. The zero-order chi connectivity index (χ0) is 21.2. The van der Waals surface area contributed by atoms with Crippen LogP contribution in [-0.2, 0) is 14.8 Å². The van der Waals surface area contributed by atoms with Crippen LogP contribution in [0.3, 0.4) is 0 Å². The molecule has 0 saturated heterocycles. The van der Waals surface area contributed by atoms with E-state index < -0.39 is 15.8 Å². The molecule has 0 aliphatic carbocycles. The molecule has 2 heterocycles. The van der Waals surface area contributed by atoms with Gasteiger partial charge in [0.05, 0.1) is 5.69 Å². The van der Waals surface area contributed by atoms with Gasteiger partial charge >= 0.3 is 0 Å². The van der Waals surface area contributed by atoms with Crippen molar-refractivity contribution in [3.05, 3.63) is 58.0 Å². The van der Waals surface area contributed by atoms with Gasteiger partial charge in [-0.3, -0.25) is 9.52 Å². The smallest absolute Gasteiger partial charge is 0.271 e. The Labute approximate surface area is 171 Å². The van der Waals surface area contributed by atoms with Crippen molar-refractivity contribution in [3.8, 4) is 0 Å². The molecule has 1 aromatic carbocycles. The molecular weight excluding hydrogens is 417 g/mol. The predicted molar refractivity (Wildman–Crippen MR) is 111 cm³/mol. The number of nitrogens with zero attached hydrogens (tertiary/aromatic N) is 1. The number of sulfonamides is 1.